The van der Waals surface area contributed by atoms with E-state index in [0.29, 0.717) is 31.1 Å². The van der Waals surface area contributed by atoms with E-state index in [2.05, 4.69) is 0 Å². The molecule has 0 aliphatic heterocycles. The van der Waals surface area contributed by atoms with Gasteiger partial charge in [0.1, 0.15) is 5.25 Å². The summed E-state index contributed by atoms with van der Waals surface area (Å²) in [6, 6.07) is 0. The fraction of sp³-hybridized carbons (Fsp3) is 0.941. The Kier molecular flexibility index (Phi) is 11.7. The van der Waals surface area contributed by atoms with Gasteiger partial charge in [-0.05, 0) is 37.4 Å². The molecule has 0 fully saturated rings. The van der Waals surface area contributed by atoms with Gasteiger partial charge in [-0.15, -0.1) is 11.8 Å². The molecule has 0 saturated carbocycles. The number of unbranched alkanes of at least 4 members (excludes halogenated alkanes) is 3. The summed E-state index contributed by atoms with van der Waals surface area (Å²) in [6.07, 6.45) is -3.70. The van der Waals surface area contributed by atoms with Crippen LogP contribution in [0.5, 0.6) is 0 Å². The second-order valence-electron chi connectivity index (χ2n) is 6.52. The Bertz CT molecular complexity index is 373. The van der Waals surface area contributed by atoms with Crippen LogP contribution in [0.2, 0.25) is 0 Å². The molecule has 25 heavy (non-hydrogen) atoms. The molecular formula is C17H29F5O2S. The molecule has 0 saturated heterocycles. The van der Waals surface area contributed by atoms with Crippen LogP contribution < -0.4 is 0 Å². The van der Waals surface area contributed by atoms with E-state index in [9.17, 15) is 26.7 Å². The number of rotatable bonds is 13. The Morgan fingerprint density at radius 1 is 1.04 bits per heavy atom. The number of ether oxygens (including phenoxy) is 1. The minimum atomic E-state index is -5.48. The molecule has 0 aromatic carbocycles. The van der Waals surface area contributed by atoms with E-state index in [-0.39, 0.29) is 24.1 Å². The summed E-state index contributed by atoms with van der Waals surface area (Å²) < 4.78 is 66.9. The lowest BCUT2D eigenvalue weighted by molar-refractivity contribution is -0.284. The minimum Gasteiger partial charge on any atom is -0.465 e. The molecule has 2 nitrogen and oxygen atoms in total. The zero-order valence-corrected chi connectivity index (χ0v) is 15.9. The van der Waals surface area contributed by atoms with Crippen LogP contribution in [0.3, 0.4) is 0 Å². The predicted octanol–water partition coefficient (Wildman–Crippen LogP) is 6.24. The predicted molar refractivity (Wildman–Crippen MR) is 91.0 cm³/mol. The number of carbonyl (C=O) groups excluding carboxylic acids is 1. The van der Waals surface area contributed by atoms with Gasteiger partial charge in [0.05, 0.1) is 6.61 Å². The Morgan fingerprint density at radius 2 is 1.68 bits per heavy atom. The quantitative estimate of drug-likeness (QED) is 0.211. The molecule has 150 valence electrons. The molecule has 0 N–H and O–H groups in total. The maximum Gasteiger partial charge on any atom is 0.453 e. The van der Waals surface area contributed by atoms with E-state index in [1.165, 1.54) is 11.8 Å². The van der Waals surface area contributed by atoms with E-state index in [1.807, 2.05) is 20.8 Å². The molecule has 0 amide bonds. The molecule has 0 spiro atoms. The highest BCUT2D eigenvalue weighted by molar-refractivity contribution is 8.00. The number of hydrogen-bond donors (Lipinski definition) is 0. The van der Waals surface area contributed by atoms with Crippen LogP contribution in [-0.4, -0.2) is 35.7 Å². The van der Waals surface area contributed by atoms with Crippen LogP contribution >= 0.6 is 11.8 Å². The molecular weight excluding hydrogens is 363 g/mol. The first-order valence-corrected chi connectivity index (χ1v) is 9.79. The fourth-order valence-electron chi connectivity index (χ4n) is 2.06. The van der Waals surface area contributed by atoms with Gasteiger partial charge in [-0.25, -0.2) is 0 Å². The maximum atomic E-state index is 12.8. The Balaban J connectivity index is 4.11. The second-order valence-corrected chi connectivity index (χ2v) is 7.83. The van der Waals surface area contributed by atoms with Crippen molar-refractivity contribution in [3.05, 3.63) is 0 Å². The first kappa shape index (κ1) is 24.5. The maximum absolute atomic E-state index is 12.8. The molecule has 0 aliphatic carbocycles. The number of alkyl halides is 5. The average molecular weight is 392 g/mol. The summed E-state index contributed by atoms with van der Waals surface area (Å²) in [5.74, 6) is -4.04. The number of halogens is 5. The van der Waals surface area contributed by atoms with E-state index < -0.39 is 18.5 Å². The Labute approximate surface area is 151 Å². The third kappa shape index (κ3) is 10.9. The summed E-state index contributed by atoms with van der Waals surface area (Å²) in [5, 5.41) is -0.312. The largest absolute Gasteiger partial charge is 0.465 e. The van der Waals surface area contributed by atoms with Gasteiger partial charge in [0.25, 0.3) is 0 Å². The molecule has 0 aromatic rings. The molecule has 1 unspecified atom stereocenters. The third-order valence-electron chi connectivity index (χ3n) is 3.56. The summed E-state index contributed by atoms with van der Waals surface area (Å²) >= 11 is 1.40. The van der Waals surface area contributed by atoms with Gasteiger partial charge in [-0.1, -0.05) is 33.6 Å². The lowest BCUT2D eigenvalue weighted by atomic mass is 10.1. The van der Waals surface area contributed by atoms with E-state index in [4.69, 9.17) is 4.74 Å². The molecule has 0 rings (SSSR count). The van der Waals surface area contributed by atoms with Gasteiger partial charge in [0.15, 0.2) is 0 Å². The van der Waals surface area contributed by atoms with Crippen molar-refractivity contribution >= 4 is 17.7 Å². The number of hydrogen-bond acceptors (Lipinski definition) is 3. The SMILES string of the molecule is CCCCOC(=O)C(CC(C)C)SCCCCCC(F)(F)C(F)(F)F. The molecule has 0 aromatic heterocycles. The van der Waals surface area contributed by atoms with Crippen molar-refractivity contribution in [2.24, 2.45) is 5.92 Å². The molecule has 0 aliphatic rings. The van der Waals surface area contributed by atoms with Crippen molar-refractivity contribution < 1.29 is 31.5 Å². The van der Waals surface area contributed by atoms with Gasteiger partial charge in [0, 0.05) is 6.42 Å². The normalized spacial score (nSPS) is 14.0. The van der Waals surface area contributed by atoms with Crippen molar-refractivity contribution in [1.82, 2.24) is 0 Å². The summed E-state index contributed by atoms with van der Waals surface area (Å²) in [6.45, 7) is 6.37. The number of carbonyl (C=O) groups is 1. The Morgan fingerprint density at radius 3 is 2.20 bits per heavy atom. The van der Waals surface area contributed by atoms with Gasteiger partial charge >= 0.3 is 18.1 Å². The fourth-order valence-corrected chi connectivity index (χ4v) is 3.44. The van der Waals surface area contributed by atoms with E-state index in [0.717, 1.165) is 12.8 Å². The van der Waals surface area contributed by atoms with Gasteiger partial charge in [0.2, 0.25) is 0 Å². The molecule has 0 radical (unpaired) electrons. The van der Waals surface area contributed by atoms with Crippen molar-refractivity contribution in [3.8, 4) is 0 Å². The highest BCUT2D eigenvalue weighted by Crippen LogP contribution is 2.39. The van der Waals surface area contributed by atoms with Crippen LogP contribution in [0.1, 0.15) is 65.7 Å². The van der Waals surface area contributed by atoms with Crippen LogP contribution in [0.4, 0.5) is 22.0 Å². The zero-order valence-electron chi connectivity index (χ0n) is 15.1. The van der Waals surface area contributed by atoms with Crippen LogP contribution in [0.15, 0.2) is 0 Å². The molecule has 0 heterocycles. The molecule has 8 heteroatoms. The van der Waals surface area contributed by atoms with E-state index >= 15 is 0 Å². The van der Waals surface area contributed by atoms with Crippen molar-refractivity contribution in [1.29, 1.82) is 0 Å². The second kappa shape index (κ2) is 12.0. The Hall–Kier alpha value is -0.530. The highest BCUT2D eigenvalue weighted by Gasteiger charge is 2.56. The topological polar surface area (TPSA) is 26.3 Å². The van der Waals surface area contributed by atoms with Crippen LogP contribution in [0.25, 0.3) is 0 Å². The van der Waals surface area contributed by atoms with E-state index in [1.54, 1.807) is 0 Å². The monoisotopic (exact) mass is 392 g/mol. The first-order valence-electron chi connectivity index (χ1n) is 8.74. The standard InChI is InChI=1S/C17H29F5O2S/c1-4-5-10-24-15(23)14(12-13(2)3)25-11-8-6-7-9-16(18,19)17(20,21)22/h13-14H,4-12H2,1-3H3. The van der Waals surface area contributed by atoms with Crippen molar-refractivity contribution in [2.75, 3.05) is 12.4 Å². The van der Waals surface area contributed by atoms with Gasteiger partial charge in [-0.3, -0.25) is 4.79 Å². The number of thioether (sulfide) groups is 1. The summed E-state index contributed by atoms with van der Waals surface area (Å²) in [7, 11) is 0. The number of esters is 1. The van der Waals surface area contributed by atoms with Crippen molar-refractivity contribution in [2.45, 2.75) is 83.1 Å². The average Bonchev–Trinajstić information content (AvgIpc) is 2.48. The minimum absolute atomic E-state index is 0.192. The molecule has 1 atom stereocenters. The van der Waals surface area contributed by atoms with Crippen LogP contribution in [-0.2, 0) is 9.53 Å². The third-order valence-corrected chi connectivity index (χ3v) is 4.87. The smallest absolute Gasteiger partial charge is 0.453 e. The van der Waals surface area contributed by atoms with Crippen LogP contribution in [0, 0.1) is 5.92 Å². The molecule has 0 bridgehead atoms. The van der Waals surface area contributed by atoms with Gasteiger partial charge in [-0.2, -0.15) is 22.0 Å². The summed E-state index contributed by atoms with van der Waals surface area (Å²) in [5.41, 5.74) is 0. The van der Waals surface area contributed by atoms with Gasteiger partial charge < -0.3 is 4.74 Å². The summed E-state index contributed by atoms with van der Waals surface area (Å²) in [4.78, 5) is 12.0. The van der Waals surface area contributed by atoms with Crippen molar-refractivity contribution in [3.63, 3.8) is 0 Å². The lowest BCUT2D eigenvalue weighted by Gasteiger charge is -2.19. The zero-order chi connectivity index (χ0) is 19.5. The highest BCUT2D eigenvalue weighted by atomic mass is 32.2. The lowest BCUT2D eigenvalue weighted by Crippen LogP contribution is -2.36. The first-order chi connectivity index (χ1) is 11.5.